The molecule has 0 aromatic heterocycles. The second kappa shape index (κ2) is 5.53. The molecule has 1 aromatic rings. The summed E-state index contributed by atoms with van der Waals surface area (Å²) in [6.07, 6.45) is -4.45. The molecule has 0 aliphatic rings. The number of rotatable bonds is 1. The van der Waals surface area contributed by atoms with Gasteiger partial charge < -0.3 is 5.73 Å². The van der Waals surface area contributed by atoms with Gasteiger partial charge in [-0.2, -0.15) is 13.2 Å². The van der Waals surface area contributed by atoms with Gasteiger partial charge in [-0.15, -0.1) is 0 Å². The lowest BCUT2D eigenvalue weighted by atomic mass is 10.0. The summed E-state index contributed by atoms with van der Waals surface area (Å²) in [6.45, 7) is 5.53. The minimum atomic E-state index is -4.45. The number of amides is 1. The third kappa shape index (κ3) is 3.56. The molecule has 0 fully saturated rings. The molecule has 0 unspecified atom stereocenters. The fraction of sp³-hybridized carbons (Fsp3) is 0.364. The maximum Gasteiger partial charge on any atom is 0.416 e. The summed E-state index contributed by atoms with van der Waals surface area (Å²) >= 11 is 0. The predicted molar refractivity (Wildman–Crippen MR) is 56.0 cm³/mol. The second-order valence-electron chi connectivity index (χ2n) is 2.89. The van der Waals surface area contributed by atoms with Gasteiger partial charge in [0, 0.05) is 5.56 Å². The van der Waals surface area contributed by atoms with E-state index in [1.165, 1.54) is 13.0 Å². The molecule has 1 aromatic carbocycles. The van der Waals surface area contributed by atoms with E-state index in [4.69, 9.17) is 5.73 Å². The average molecular weight is 233 g/mol. The molecule has 1 amide bonds. The van der Waals surface area contributed by atoms with Gasteiger partial charge in [-0.1, -0.05) is 19.9 Å². The molecule has 0 aliphatic carbocycles. The molecular weight excluding hydrogens is 219 g/mol. The number of primary amides is 1. The van der Waals surface area contributed by atoms with E-state index in [0.29, 0.717) is 5.56 Å². The number of hydrogen-bond donors (Lipinski definition) is 1. The Labute approximate surface area is 92.3 Å². The van der Waals surface area contributed by atoms with Gasteiger partial charge in [-0.3, -0.25) is 4.79 Å². The monoisotopic (exact) mass is 233 g/mol. The first-order valence-electron chi connectivity index (χ1n) is 4.80. The Bertz CT molecular complexity index is 372. The Kier molecular flexibility index (Phi) is 5.01. The Morgan fingerprint density at radius 1 is 1.25 bits per heavy atom. The maximum absolute atomic E-state index is 12.2. The van der Waals surface area contributed by atoms with Gasteiger partial charge in [0.1, 0.15) is 0 Å². The molecule has 16 heavy (non-hydrogen) atoms. The van der Waals surface area contributed by atoms with Crippen LogP contribution in [0.15, 0.2) is 18.2 Å². The number of carbonyl (C=O) groups is 1. The second-order valence-corrected chi connectivity index (χ2v) is 2.89. The normalized spacial score (nSPS) is 10.4. The highest BCUT2D eigenvalue weighted by atomic mass is 19.4. The van der Waals surface area contributed by atoms with Crippen molar-refractivity contribution < 1.29 is 18.0 Å². The first-order chi connectivity index (χ1) is 7.32. The smallest absolute Gasteiger partial charge is 0.366 e. The van der Waals surface area contributed by atoms with E-state index >= 15 is 0 Å². The van der Waals surface area contributed by atoms with Gasteiger partial charge in [0.2, 0.25) is 5.91 Å². The molecular formula is C11H14F3NO. The molecule has 0 atom stereocenters. The molecule has 0 aliphatic heterocycles. The zero-order valence-electron chi connectivity index (χ0n) is 9.35. The third-order valence-corrected chi connectivity index (χ3v) is 1.83. The summed E-state index contributed by atoms with van der Waals surface area (Å²) in [5.74, 6) is -0.853. The van der Waals surface area contributed by atoms with Crippen LogP contribution in [0.5, 0.6) is 0 Å². The van der Waals surface area contributed by atoms with Gasteiger partial charge >= 0.3 is 6.18 Å². The molecule has 2 N–H and O–H groups in total. The lowest BCUT2D eigenvalue weighted by molar-refractivity contribution is -0.137. The molecule has 0 radical (unpaired) electrons. The number of nitrogens with two attached hydrogens (primary N) is 1. The zero-order chi connectivity index (χ0) is 12.9. The van der Waals surface area contributed by atoms with Crippen molar-refractivity contribution >= 4 is 5.91 Å². The van der Waals surface area contributed by atoms with Crippen molar-refractivity contribution in [2.24, 2.45) is 5.73 Å². The summed E-state index contributed by atoms with van der Waals surface area (Å²) in [5, 5.41) is 0. The SMILES string of the molecule is CC.Cc1ccc(C(F)(F)F)cc1C(N)=O. The molecule has 5 heteroatoms. The minimum absolute atomic E-state index is 0.0974. The van der Waals surface area contributed by atoms with E-state index in [0.717, 1.165) is 12.1 Å². The van der Waals surface area contributed by atoms with Crippen LogP contribution < -0.4 is 5.73 Å². The Morgan fingerprint density at radius 2 is 1.75 bits per heavy atom. The number of halogens is 3. The summed E-state index contributed by atoms with van der Waals surface area (Å²) in [5.41, 5.74) is 4.39. The minimum Gasteiger partial charge on any atom is -0.366 e. The Balaban J connectivity index is 0.00000106. The molecule has 0 saturated carbocycles. The van der Waals surface area contributed by atoms with Crippen molar-refractivity contribution in [3.63, 3.8) is 0 Å². The largest absolute Gasteiger partial charge is 0.416 e. The maximum atomic E-state index is 12.2. The van der Waals surface area contributed by atoms with E-state index in [2.05, 4.69) is 0 Å². The molecule has 1 rings (SSSR count). The lowest BCUT2D eigenvalue weighted by Crippen LogP contribution is -2.15. The van der Waals surface area contributed by atoms with Crippen molar-refractivity contribution in [1.82, 2.24) is 0 Å². The van der Waals surface area contributed by atoms with E-state index in [1.807, 2.05) is 13.8 Å². The average Bonchev–Trinajstić information content (AvgIpc) is 2.19. The third-order valence-electron chi connectivity index (χ3n) is 1.83. The molecule has 0 spiro atoms. The number of benzene rings is 1. The van der Waals surface area contributed by atoms with E-state index < -0.39 is 17.6 Å². The topological polar surface area (TPSA) is 43.1 Å². The van der Waals surface area contributed by atoms with Gasteiger partial charge in [0.25, 0.3) is 0 Å². The van der Waals surface area contributed by atoms with Gasteiger partial charge in [-0.05, 0) is 24.6 Å². The fourth-order valence-electron chi connectivity index (χ4n) is 1.06. The van der Waals surface area contributed by atoms with Crippen LogP contribution in [0.25, 0.3) is 0 Å². The number of hydrogen-bond acceptors (Lipinski definition) is 1. The summed E-state index contributed by atoms with van der Waals surface area (Å²) in [7, 11) is 0. The first kappa shape index (κ1) is 14.5. The highest BCUT2D eigenvalue weighted by Crippen LogP contribution is 2.30. The molecule has 90 valence electrons. The number of aryl methyl sites for hydroxylation is 1. The van der Waals surface area contributed by atoms with Crippen LogP contribution in [-0.4, -0.2) is 5.91 Å². The first-order valence-corrected chi connectivity index (χ1v) is 4.80. The summed E-state index contributed by atoms with van der Waals surface area (Å²) in [4.78, 5) is 10.8. The van der Waals surface area contributed by atoms with Crippen LogP contribution in [0.3, 0.4) is 0 Å². The molecule has 0 saturated heterocycles. The number of alkyl halides is 3. The standard InChI is InChI=1S/C9H8F3NO.C2H6/c1-5-2-3-6(9(10,11)12)4-7(5)8(13)14;1-2/h2-4H,1H3,(H2,13,14);1-2H3. The highest BCUT2D eigenvalue weighted by molar-refractivity contribution is 5.94. The Hall–Kier alpha value is -1.52. The van der Waals surface area contributed by atoms with Crippen LogP contribution in [-0.2, 0) is 6.18 Å². The van der Waals surface area contributed by atoms with E-state index in [-0.39, 0.29) is 5.56 Å². The Morgan fingerprint density at radius 3 is 2.12 bits per heavy atom. The molecule has 0 bridgehead atoms. The van der Waals surface area contributed by atoms with Crippen molar-refractivity contribution in [1.29, 1.82) is 0 Å². The van der Waals surface area contributed by atoms with Crippen LogP contribution in [0.2, 0.25) is 0 Å². The van der Waals surface area contributed by atoms with Gasteiger partial charge in [-0.25, -0.2) is 0 Å². The summed E-state index contributed by atoms with van der Waals surface area (Å²) < 4.78 is 36.6. The van der Waals surface area contributed by atoms with Gasteiger partial charge in [0.05, 0.1) is 5.56 Å². The zero-order valence-corrected chi connectivity index (χ0v) is 9.35. The number of carbonyl (C=O) groups excluding carboxylic acids is 1. The van der Waals surface area contributed by atoms with Crippen LogP contribution in [0.4, 0.5) is 13.2 Å². The molecule has 2 nitrogen and oxygen atoms in total. The van der Waals surface area contributed by atoms with Crippen LogP contribution in [0, 0.1) is 6.92 Å². The van der Waals surface area contributed by atoms with Crippen LogP contribution >= 0.6 is 0 Å². The summed E-state index contributed by atoms with van der Waals surface area (Å²) in [6, 6.07) is 2.91. The van der Waals surface area contributed by atoms with Crippen molar-refractivity contribution in [2.45, 2.75) is 26.9 Å². The van der Waals surface area contributed by atoms with Crippen molar-refractivity contribution in [3.05, 3.63) is 34.9 Å². The highest BCUT2D eigenvalue weighted by Gasteiger charge is 2.31. The van der Waals surface area contributed by atoms with Crippen LogP contribution in [0.1, 0.15) is 35.3 Å². The van der Waals surface area contributed by atoms with Gasteiger partial charge in [0.15, 0.2) is 0 Å². The van der Waals surface area contributed by atoms with Crippen molar-refractivity contribution in [3.8, 4) is 0 Å². The van der Waals surface area contributed by atoms with E-state index in [9.17, 15) is 18.0 Å². The predicted octanol–water partition coefficient (Wildman–Crippen LogP) is 3.14. The molecule has 0 heterocycles. The van der Waals surface area contributed by atoms with Crippen molar-refractivity contribution in [2.75, 3.05) is 0 Å². The van der Waals surface area contributed by atoms with E-state index in [1.54, 1.807) is 0 Å². The fourth-order valence-corrected chi connectivity index (χ4v) is 1.06. The quantitative estimate of drug-likeness (QED) is 0.795. The lowest BCUT2D eigenvalue weighted by Gasteiger charge is -2.08.